The third-order valence-corrected chi connectivity index (χ3v) is 5.40. The van der Waals surface area contributed by atoms with Gasteiger partial charge >= 0.3 is 0 Å². The number of benzene rings is 1. The first-order valence-electron chi connectivity index (χ1n) is 11.0. The van der Waals surface area contributed by atoms with E-state index in [1.807, 2.05) is 6.92 Å². The van der Waals surface area contributed by atoms with Gasteiger partial charge in [-0.3, -0.25) is 19.6 Å². The highest BCUT2D eigenvalue weighted by atomic mass is 16.5. The van der Waals surface area contributed by atoms with Crippen LogP contribution in [0.15, 0.2) is 40.8 Å². The minimum Gasteiger partial charge on any atom is -0.451 e. The molecule has 0 aliphatic carbocycles. The van der Waals surface area contributed by atoms with E-state index in [0.717, 1.165) is 19.3 Å². The quantitative estimate of drug-likeness (QED) is 0.139. The minimum atomic E-state index is -0.646. The van der Waals surface area contributed by atoms with E-state index < -0.39 is 17.9 Å². The van der Waals surface area contributed by atoms with E-state index in [9.17, 15) is 19.6 Å². The van der Waals surface area contributed by atoms with Crippen LogP contribution in [0.25, 0.3) is 11.3 Å². The highest BCUT2D eigenvalue weighted by molar-refractivity contribution is 5.92. The molecule has 0 saturated carbocycles. The van der Waals surface area contributed by atoms with Crippen LogP contribution in [-0.4, -0.2) is 41.2 Å². The first-order valence-corrected chi connectivity index (χ1v) is 11.0. The van der Waals surface area contributed by atoms with E-state index in [4.69, 9.17) is 9.68 Å². The summed E-state index contributed by atoms with van der Waals surface area (Å²) in [5.74, 6) is -0.955. The molecule has 9 heteroatoms. The van der Waals surface area contributed by atoms with Crippen molar-refractivity contribution < 1.29 is 24.0 Å². The Hall–Kier alpha value is -3.64. The summed E-state index contributed by atoms with van der Waals surface area (Å²) in [5, 5.41) is 24.7. The van der Waals surface area contributed by atoms with Gasteiger partial charge < -0.3 is 15.1 Å². The number of hydrogen-bond acceptors (Lipinski definition) is 6. The summed E-state index contributed by atoms with van der Waals surface area (Å²) in [5.41, 5.74) is 1.15. The third kappa shape index (κ3) is 7.19. The van der Waals surface area contributed by atoms with Crippen molar-refractivity contribution in [1.29, 1.82) is 5.26 Å². The average Bonchev–Trinajstić information content (AvgIpc) is 3.33. The van der Waals surface area contributed by atoms with Crippen molar-refractivity contribution in [3.8, 4) is 17.4 Å². The average molecular weight is 455 g/mol. The van der Waals surface area contributed by atoms with Crippen LogP contribution in [0.2, 0.25) is 0 Å². The number of hydroxylamine groups is 2. The highest BCUT2D eigenvalue weighted by Gasteiger charge is 2.30. The lowest BCUT2D eigenvalue weighted by Gasteiger charge is -2.29. The van der Waals surface area contributed by atoms with Crippen LogP contribution in [0, 0.1) is 17.2 Å². The van der Waals surface area contributed by atoms with Gasteiger partial charge in [0.1, 0.15) is 5.76 Å². The molecule has 33 heavy (non-hydrogen) atoms. The number of nitrogens with zero attached hydrogens (tertiary/aromatic N) is 2. The van der Waals surface area contributed by atoms with Crippen molar-refractivity contribution in [1.82, 2.24) is 15.7 Å². The minimum absolute atomic E-state index is 0.0648. The van der Waals surface area contributed by atoms with E-state index in [0.29, 0.717) is 41.2 Å². The number of amides is 3. The van der Waals surface area contributed by atoms with Gasteiger partial charge in [-0.15, -0.1) is 0 Å². The van der Waals surface area contributed by atoms with Crippen molar-refractivity contribution in [2.45, 2.75) is 52.0 Å². The smallest absolute Gasteiger partial charge is 0.288 e. The number of unbranched alkanes of at least 4 members (excludes halogenated alkanes) is 2. The second-order valence-corrected chi connectivity index (χ2v) is 7.64. The van der Waals surface area contributed by atoms with E-state index in [2.05, 4.69) is 16.7 Å². The molecule has 3 amide bonds. The first kappa shape index (κ1) is 25.6. The Labute approximate surface area is 193 Å². The largest absolute Gasteiger partial charge is 0.451 e. The first-order chi connectivity index (χ1) is 15.9. The molecular weight excluding hydrogens is 424 g/mol. The fourth-order valence-electron chi connectivity index (χ4n) is 3.63. The Balaban J connectivity index is 1.97. The second-order valence-electron chi connectivity index (χ2n) is 7.64. The van der Waals surface area contributed by atoms with Gasteiger partial charge in [-0.25, -0.2) is 5.06 Å². The van der Waals surface area contributed by atoms with Gasteiger partial charge in [-0.1, -0.05) is 45.2 Å². The molecule has 0 saturated heterocycles. The highest BCUT2D eigenvalue weighted by Crippen LogP contribution is 2.23. The number of nitriles is 1. The maximum absolute atomic E-state index is 12.8. The fraction of sp³-hybridized carbons (Fsp3) is 0.417. The van der Waals surface area contributed by atoms with Gasteiger partial charge in [0.05, 0.1) is 30.3 Å². The maximum atomic E-state index is 12.8. The number of furan rings is 1. The summed E-state index contributed by atoms with van der Waals surface area (Å²) in [4.78, 5) is 36.2. The second kappa shape index (κ2) is 13.0. The monoisotopic (exact) mass is 454 g/mol. The summed E-state index contributed by atoms with van der Waals surface area (Å²) < 4.78 is 5.59. The number of rotatable bonds is 13. The number of carbonyl (C=O) groups excluding carboxylic acids is 3. The van der Waals surface area contributed by atoms with Crippen LogP contribution in [-0.2, 0) is 9.59 Å². The van der Waals surface area contributed by atoms with Crippen LogP contribution in [0.1, 0.15) is 62.1 Å². The summed E-state index contributed by atoms with van der Waals surface area (Å²) in [7, 11) is 0. The van der Waals surface area contributed by atoms with Crippen LogP contribution < -0.4 is 10.6 Å². The lowest BCUT2D eigenvalue weighted by Crippen LogP contribution is -2.47. The molecule has 0 aliphatic rings. The Kier molecular flexibility index (Phi) is 10.1. The Morgan fingerprint density at radius 1 is 1.21 bits per heavy atom. The molecule has 3 N–H and O–H groups in total. The molecule has 1 aromatic heterocycles. The summed E-state index contributed by atoms with van der Waals surface area (Å²) >= 11 is 0. The van der Waals surface area contributed by atoms with Gasteiger partial charge in [0.25, 0.3) is 5.91 Å². The molecule has 0 bridgehead atoms. The van der Waals surface area contributed by atoms with Crippen LogP contribution in [0.3, 0.4) is 0 Å². The topological polar surface area (TPSA) is 136 Å². The van der Waals surface area contributed by atoms with Gasteiger partial charge in [-0.05, 0) is 37.1 Å². The van der Waals surface area contributed by atoms with Crippen molar-refractivity contribution in [3.05, 3.63) is 47.7 Å². The lowest BCUT2D eigenvalue weighted by atomic mass is 9.90. The molecule has 1 aromatic carbocycles. The fourth-order valence-corrected chi connectivity index (χ4v) is 3.63. The Morgan fingerprint density at radius 2 is 2.00 bits per heavy atom. The number of nitrogens with one attached hydrogen (secondary N) is 2. The molecule has 176 valence electrons. The zero-order chi connectivity index (χ0) is 24.2. The van der Waals surface area contributed by atoms with E-state index >= 15 is 0 Å². The molecule has 0 aliphatic heterocycles. The Bertz CT molecular complexity index is 981. The molecule has 2 aromatic rings. The molecule has 0 radical (unpaired) electrons. The number of hydrogen-bond donors (Lipinski definition) is 3. The third-order valence-electron chi connectivity index (χ3n) is 5.40. The molecule has 1 unspecified atom stereocenters. The molecule has 2 atom stereocenters. The predicted octanol–water partition coefficient (Wildman–Crippen LogP) is 3.44. The van der Waals surface area contributed by atoms with Crippen molar-refractivity contribution in [2.75, 3.05) is 6.67 Å². The van der Waals surface area contributed by atoms with E-state index in [1.165, 1.54) is 6.07 Å². The van der Waals surface area contributed by atoms with Crippen LogP contribution in [0.5, 0.6) is 0 Å². The predicted molar refractivity (Wildman–Crippen MR) is 121 cm³/mol. The standard InChI is InChI=1S/C24H30N4O5/c1-3-5-6-10-19(20(4-2)28(32)16-29)23(30)26-15-27-24(31)22-12-11-21(33-22)18-9-7-8-17(13-18)14-25/h7-9,11-13,16,19-20,32H,3-6,10,15H2,1-2H3,(H,26,30)(H,27,31)/t19?,20-/m1/s1. The molecule has 1 heterocycles. The van der Waals surface area contributed by atoms with Crippen LogP contribution >= 0.6 is 0 Å². The molecule has 0 fully saturated rings. The van der Waals surface area contributed by atoms with Gasteiger partial charge in [-0.2, -0.15) is 5.26 Å². The van der Waals surface area contributed by atoms with Crippen molar-refractivity contribution in [2.24, 2.45) is 5.92 Å². The zero-order valence-electron chi connectivity index (χ0n) is 18.9. The molecule has 0 spiro atoms. The molecular formula is C24H30N4O5. The normalized spacial score (nSPS) is 12.3. The van der Waals surface area contributed by atoms with E-state index in [-0.39, 0.29) is 18.3 Å². The molecule has 9 nitrogen and oxygen atoms in total. The van der Waals surface area contributed by atoms with Crippen molar-refractivity contribution in [3.63, 3.8) is 0 Å². The zero-order valence-corrected chi connectivity index (χ0v) is 18.9. The summed E-state index contributed by atoms with van der Waals surface area (Å²) in [6.45, 7) is 3.71. The summed E-state index contributed by atoms with van der Waals surface area (Å²) in [6.07, 6.45) is 3.92. The van der Waals surface area contributed by atoms with Gasteiger partial charge in [0.2, 0.25) is 12.3 Å². The van der Waals surface area contributed by atoms with Gasteiger partial charge in [0, 0.05) is 5.56 Å². The maximum Gasteiger partial charge on any atom is 0.288 e. The summed E-state index contributed by atoms with van der Waals surface area (Å²) in [6, 6.07) is 11.4. The van der Waals surface area contributed by atoms with Crippen LogP contribution in [0.4, 0.5) is 0 Å². The SMILES string of the molecule is CCCCCC(C(=O)NCNC(=O)c1ccc(-c2cccc(C#N)c2)o1)[C@@H](CC)N(O)C=O. The Morgan fingerprint density at radius 3 is 2.67 bits per heavy atom. The van der Waals surface area contributed by atoms with Crippen molar-refractivity contribution >= 4 is 18.2 Å². The number of carbonyl (C=O) groups is 3. The lowest BCUT2D eigenvalue weighted by molar-refractivity contribution is -0.168. The van der Waals surface area contributed by atoms with E-state index in [1.54, 1.807) is 37.3 Å². The van der Waals surface area contributed by atoms with Gasteiger partial charge in [0.15, 0.2) is 5.76 Å². The molecule has 2 rings (SSSR count).